The van der Waals surface area contributed by atoms with Crippen LogP contribution in [0.3, 0.4) is 0 Å². The van der Waals surface area contributed by atoms with Gasteiger partial charge in [0, 0.05) is 6.08 Å². The molecular formula is C37H50O20. The van der Waals surface area contributed by atoms with Gasteiger partial charge < -0.3 is 93.7 Å². The lowest BCUT2D eigenvalue weighted by atomic mass is 9.96. The molecular weight excluding hydrogens is 764 g/mol. The van der Waals surface area contributed by atoms with Gasteiger partial charge in [0.15, 0.2) is 48.0 Å². The SMILES string of the molecule is COc1cc(/C=C/C(=O)O[C@H]2[C@H](O[C@@H]3O[C@@H](C)[C@H](O)[C@@H](O)[C@H]3O)[C@@H](O)[C@H](OCCc3ccc(O)c(OC)c3)O[C@@H]2CO[C@@H]2O[C@@H](CO)[C@@H](O)[C@H](O)[C@H]2O)ccc1O. The molecule has 0 radical (unpaired) electrons. The van der Waals surface area contributed by atoms with Crippen molar-refractivity contribution < 1.29 is 98.5 Å². The Morgan fingerprint density at radius 2 is 1.32 bits per heavy atom. The van der Waals surface area contributed by atoms with Crippen molar-refractivity contribution in [3.63, 3.8) is 0 Å². The number of phenolic OH excluding ortho intramolecular Hbond substituents is 2. The normalized spacial score (nSPS) is 35.9. The summed E-state index contributed by atoms with van der Waals surface area (Å²) in [5.41, 5.74) is 1.08. The molecule has 318 valence electrons. The van der Waals surface area contributed by atoms with Crippen LogP contribution in [0.25, 0.3) is 6.08 Å². The molecule has 3 heterocycles. The summed E-state index contributed by atoms with van der Waals surface area (Å²) < 4.78 is 50.9. The summed E-state index contributed by atoms with van der Waals surface area (Å²) in [5.74, 6) is -0.935. The Bertz CT molecular complexity index is 1640. The molecule has 0 saturated carbocycles. The number of hydrogen-bond donors (Lipinski definition) is 10. The monoisotopic (exact) mass is 814 g/mol. The zero-order chi connectivity index (χ0) is 41.6. The van der Waals surface area contributed by atoms with E-state index in [4.69, 9.17) is 42.6 Å². The zero-order valence-corrected chi connectivity index (χ0v) is 31.2. The first-order chi connectivity index (χ1) is 27.2. The van der Waals surface area contributed by atoms with Gasteiger partial charge in [-0.25, -0.2) is 4.79 Å². The minimum Gasteiger partial charge on any atom is -0.504 e. The van der Waals surface area contributed by atoms with Crippen molar-refractivity contribution in [1.82, 2.24) is 0 Å². The van der Waals surface area contributed by atoms with Crippen LogP contribution < -0.4 is 9.47 Å². The molecule has 5 rings (SSSR count). The molecule has 0 bridgehead atoms. The first kappa shape index (κ1) is 44.4. The van der Waals surface area contributed by atoms with E-state index in [9.17, 15) is 55.9 Å². The van der Waals surface area contributed by atoms with Crippen LogP contribution in [0, 0.1) is 0 Å². The van der Waals surface area contributed by atoms with E-state index in [1.807, 2.05) is 0 Å². The standard InChI is InChI=1S/C37H50O20/c1-16-26(42)28(44)31(47)37(53-16)57-34-32(48)36(51-11-10-18-5-8-20(40)22(13-18)50-3)55-24(15-52-35-30(46)29(45)27(43)23(14-38)54-35)33(34)56-25(41)9-6-17-4-7-19(39)21(12-17)49-2/h4-9,12-13,16,23-24,26-40,42-48H,10-11,14-15H2,1-3H3/b9-6+/t16-,23-,24+,26-,27+,28+,29-,30+,31+,32+,33+,34+,35+,36+,37-/m0/s1. The van der Waals surface area contributed by atoms with Crippen LogP contribution in [-0.2, 0) is 44.4 Å². The maximum Gasteiger partial charge on any atom is 0.331 e. The van der Waals surface area contributed by atoms with Gasteiger partial charge in [0.25, 0.3) is 0 Å². The predicted molar refractivity (Wildman–Crippen MR) is 190 cm³/mol. The molecule has 0 spiro atoms. The minimum atomic E-state index is -1.86. The molecule has 15 atom stereocenters. The van der Waals surface area contributed by atoms with E-state index in [-0.39, 0.29) is 36.0 Å². The van der Waals surface area contributed by atoms with Crippen LogP contribution >= 0.6 is 0 Å². The summed E-state index contributed by atoms with van der Waals surface area (Å²) in [5, 5.41) is 104. The summed E-state index contributed by atoms with van der Waals surface area (Å²) >= 11 is 0. The lowest BCUT2D eigenvalue weighted by Gasteiger charge is -2.47. The molecule has 20 heteroatoms. The fraction of sp³-hybridized carbons (Fsp3) is 0.595. The second-order valence-electron chi connectivity index (χ2n) is 13.6. The smallest absolute Gasteiger partial charge is 0.331 e. The van der Waals surface area contributed by atoms with Crippen molar-refractivity contribution in [2.24, 2.45) is 0 Å². The second-order valence-corrected chi connectivity index (χ2v) is 13.6. The van der Waals surface area contributed by atoms with Crippen LogP contribution in [0.2, 0.25) is 0 Å². The maximum atomic E-state index is 13.4. The number of aromatic hydroxyl groups is 2. The first-order valence-electron chi connectivity index (χ1n) is 18.0. The number of carbonyl (C=O) groups is 1. The number of ether oxygens (including phenoxy) is 9. The molecule has 10 N–H and O–H groups in total. The summed E-state index contributed by atoms with van der Waals surface area (Å²) in [6.07, 6.45) is -21.9. The molecule has 3 aliphatic heterocycles. The molecule has 0 unspecified atom stereocenters. The molecule has 0 aliphatic carbocycles. The van der Waals surface area contributed by atoms with Crippen molar-refractivity contribution in [2.45, 2.75) is 105 Å². The summed E-state index contributed by atoms with van der Waals surface area (Å²) in [4.78, 5) is 13.4. The fourth-order valence-electron chi connectivity index (χ4n) is 6.45. The molecule has 0 aromatic heterocycles. The highest BCUT2D eigenvalue weighted by atomic mass is 16.8. The average molecular weight is 815 g/mol. The Labute approximate surface area is 326 Å². The van der Waals surface area contributed by atoms with E-state index < -0.39 is 111 Å². The van der Waals surface area contributed by atoms with Crippen LogP contribution in [-0.4, -0.2) is 183 Å². The number of phenols is 2. The number of benzene rings is 2. The Kier molecular flexibility index (Phi) is 15.4. The molecule has 57 heavy (non-hydrogen) atoms. The lowest BCUT2D eigenvalue weighted by Crippen LogP contribution is -2.65. The third-order valence-electron chi connectivity index (χ3n) is 9.77. The van der Waals surface area contributed by atoms with Gasteiger partial charge in [-0.1, -0.05) is 12.1 Å². The van der Waals surface area contributed by atoms with Crippen LogP contribution in [0.15, 0.2) is 42.5 Å². The van der Waals surface area contributed by atoms with E-state index in [2.05, 4.69) is 0 Å². The Morgan fingerprint density at radius 3 is 2.00 bits per heavy atom. The number of methoxy groups -OCH3 is 2. The first-order valence-corrected chi connectivity index (χ1v) is 18.0. The third-order valence-corrected chi connectivity index (χ3v) is 9.77. The van der Waals surface area contributed by atoms with Gasteiger partial charge in [-0.3, -0.25) is 0 Å². The number of aliphatic hydroxyl groups excluding tert-OH is 8. The van der Waals surface area contributed by atoms with Crippen molar-refractivity contribution in [2.75, 3.05) is 34.0 Å². The predicted octanol–water partition coefficient (Wildman–Crippen LogP) is -2.59. The second kappa shape index (κ2) is 19.8. The average Bonchev–Trinajstić information content (AvgIpc) is 3.20. The Morgan fingerprint density at radius 1 is 0.702 bits per heavy atom. The fourth-order valence-corrected chi connectivity index (χ4v) is 6.45. The highest BCUT2D eigenvalue weighted by molar-refractivity contribution is 5.87. The van der Waals surface area contributed by atoms with Gasteiger partial charge in [0.2, 0.25) is 0 Å². The number of rotatable bonds is 15. The number of aliphatic hydroxyl groups is 8. The van der Waals surface area contributed by atoms with Gasteiger partial charge in [0.1, 0.15) is 61.0 Å². The quantitative estimate of drug-likeness (QED) is 0.0652. The highest BCUT2D eigenvalue weighted by Crippen LogP contribution is 2.33. The molecule has 3 saturated heterocycles. The zero-order valence-electron chi connectivity index (χ0n) is 31.2. The van der Waals surface area contributed by atoms with Gasteiger partial charge >= 0.3 is 5.97 Å². The Hall–Kier alpha value is -3.71. The van der Waals surface area contributed by atoms with Crippen molar-refractivity contribution in [3.05, 3.63) is 53.6 Å². The highest BCUT2D eigenvalue weighted by Gasteiger charge is 2.53. The summed E-state index contributed by atoms with van der Waals surface area (Å²) in [6, 6.07) is 8.86. The van der Waals surface area contributed by atoms with Gasteiger partial charge in [-0.05, 0) is 54.8 Å². The van der Waals surface area contributed by atoms with Crippen LogP contribution in [0.1, 0.15) is 18.1 Å². The summed E-state index contributed by atoms with van der Waals surface area (Å²) in [6.45, 7) is -0.111. The largest absolute Gasteiger partial charge is 0.504 e. The molecule has 0 amide bonds. The van der Waals surface area contributed by atoms with E-state index in [1.165, 1.54) is 51.5 Å². The van der Waals surface area contributed by atoms with Crippen LogP contribution in [0.5, 0.6) is 23.0 Å². The Balaban J connectivity index is 1.44. The minimum absolute atomic E-state index is 0.0901. The lowest BCUT2D eigenvalue weighted by molar-refractivity contribution is -0.364. The molecule has 2 aromatic carbocycles. The third kappa shape index (κ3) is 10.5. The van der Waals surface area contributed by atoms with E-state index in [1.54, 1.807) is 12.1 Å². The van der Waals surface area contributed by atoms with Crippen molar-refractivity contribution in [3.8, 4) is 23.0 Å². The van der Waals surface area contributed by atoms with Gasteiger partial charge in [-0.15, -0.1) is 0 Å². The van der Waals surface area contributed by atoms with Gasteiger partial charge in [0.05, 0.1) is 40.1 Å². The van der Waals surface area contributed by atoms with Gasteiger partial charge in [-0.2, -0.15) is 0 Å². The molecule has 20 nitrogen and oxygen atoms in total. The topological polar surface area (TPSA) is 302 Å². The maximum absolute atomic E-state index is 13.4. The van der Waals surface area contributed by atoms with E-state index in [0.29, 0.717) is 11.1 Å². The van der Waals surface area contributed by atoms with E-state index in [0.717, 1.165) is 6.08 Å². The van der Waals surface area contributed by atoms with Crippen molar-refractivity contribution in [1.29, 1.82) is 0 Å². The number of esters is 1. The molecule has 2 aromatic rings. The van der Waals surface area contributed by atoms with Crippen LogP contribution in [0.4, 0.5) is 0 Å². The van der Waals surface area contributed by atoms with Crippen molar-refractivity contribution >= 4 is 12.0 Å². The van der Waals surface area contributed by atoms with E-state index >= 15 is 0 Å². The molecule has 3 fully saturated rings. The summed E-state index contributed by atoms with van der Waals surface area (Å²) in [7, 11) is 2.72. The number of carbonyl (C=O) groups excluding carboxylic acids is 1. The number of hydrogen-bond acceptors (Lipinski definition) is 20. The molecule has 3 aliphatic rings.